The number of nitro benzene ring substituents is 1. The number of alkyl halides is 3. The fourth-order valence-electron chi connectivity index (χ4n) is 3.68. The van der Waals surface area contributed by atoms with E-state index in [1.165, 1.54) is 24.3 Å². The zero-order valence-corrected chi connectivity index (χ0v) is 20.9. The van der Waals surface area contributed by atoms with Crippen LogP contribution in [0.5, 0.6) is 11.5 Å². The van der Waals surface area contributed by atoms with Crippen molar-refractivity contribution in [2.45, 2.75) is 20.0 Å². The van der Waals surface area contributed by atoms with Crippen LogP contribution in [0.4, 0.5) is 29.3 Å². The van der Waals surface area contributed by atoms with Crippen LogP contribution in [-0.2, 0) is 15.8 Å². The molecular weight excluding hydrogens is 543 g/mol. The van der Waals surface area contributed by atoms with Crippen molar-refractivity contribution in [1.82, 2.24) is 5.32 Å². The smallest absolute Gasteiger partial charge is 0.416 e. The minimum atomic E-state index is -4.83. The maximum Gasteiger partial charge on any atom is 0.416 e. The first-order valence-electron chi connectivity index (χ1n) is 11.1. The zero-order valence-electron chi connectivity index (χ0n) is 20.1. The summed E-state index contributed by atoms with van der Waals surface area (Å²) in [4.78, 5) is 49.6. The third-order valence-electron chi connectivity index (χ3n) is 5.82. The van der Waals surface area contributed by atoms with Gasteiger partial charge in [0.1, 0.15) is 11.3 Å². The molecule has 4 rings (SSSR count). The first-order chi connectivity index (χ1) is 18.3. The minimum Gasteiger partial charge on any atom is -0.449 e. The highest BCUT2D eigenvalue weighted by Crippen LogP contribution is 2.39. The average Bonchev–Trinajstić information content (AvgIpc) is 2.84. The number of anilines is 1. The molecule has 9 nitrogen and oxygen atoms in total. The lowest BCUT2D eigenvalue weighted by molar-refractivity contribution is -0.385. The lowest BCUT2D eigenvalue weighted by atomic mass is 10.0. The number of hydrogen-bond donors (Lipinski definition) is 1. The standard InChI is InChI=1S/C26H17ClF3N3O6/c1-13-3-6-18(9-14(13)2)32-24(35)19(23(34)31-25(32)36)11-15-10-17(27)5-8-21(15)39-22-7-4-16(26(28,29)30)12-20(22)33(37)38/h3-12H,1-2H3,(H,31,34,36)/b19-11+. The normalized spacial score (nSPS) is 15.0. The van der Waals surface area contributed by atoms with Gasteiger partial charge in [0, 0.05) is 16.7 Å². The number of barbiturate groups is 1. The molecular formula is C26H17ClF3N3O6. The van der Waals surface area contributed by atoms with Crippen molar-refractivity contribution in [3.8, 4) is 11.5 Å². The highest BCUT2D eigenvalue weighted by molar-refractivity contribution is 6.39. The van der Waals surface area contributed by atoms with Crippen molar-refractivity contribution in [3.63, 3.8) is 0 Å². The van der Waals surface area contributed by atoms with Crippen molar-refractivity contribution in [1.29, 1.82) is 0 Å². The van der Waals surface area contributed by atoms with Gasteiger partial charge in [-0.25, -0.2) is 9.69 Å². The van der Waals surface area contributed by atoms with Crippen LogP contribution in [0.15, 0.2) is 60.2 Å². The zero-order chi connectivity index (χ0) is 28.6. The second-order valence-corrected chi connectivity index (χ2v) is 8.88. The van der Waals surface area contributed by atoms with E-state index < -0.39 is 51.5 Å². The SMILES string of the molecule is Cc1ccc(N2C(=O)NC(=O)/C(=C\c3cc(Cl)ccc3Oc3ccc(C(F)(F)F)cc3[N+](=O)[O-])C2=O)cc1C. The Hall–Kier alpha value is -4.71. The maximum atomic E-state index is 13.3. The number of amides is 4. The molecule has 0 radical (unpaired) electrons. The number of benzene rings is 3. The summed E-state index contributed by atoms with van der Waals surface area (Å²) in [6.45, 7) is 3.62. The molecule has 3 aromatic rings. The summed E-state index contributed by atoms with van der Waals surface area (Å²) in [5.41, 5.74) is -0.793. The van der Waals surface area contributed by atoms with Crippen molar-refractivity contribution in [2.24, 2.45) is 0 Å². The number of hydrogen-bond acceptors (Lipinski definition) is 6. The maximum absolute atomic E-state index is 13.3. The second-order valence-electron chi connectivity index (χ2n) is 8.45. The molecule has 1 heterocycles. The summed E-state index contributed by atoms with van der Waals surface area (Å²) in [5, 5.41) is 13.7. The number of halogens is 4. The summed E-state index contributed by atoms with van der Waals surface area (Å²) in [7, 11) is 0. The number of nitrogens with one attached hydrogen (secondary N) is 1. The Balaban J connectivity index is 1.77. The molecule has 13 heteroatoms. The number of aryl methyl sites for hydroxylation is 2. The Labute approximate surface area is 223 Å². The Morgan fingerprint density at radius 3 is 2.31 bits per heavy atom. The van der Waals surface area contributed by atoms with Crippen LogP contribution in [0.25, 0.3) is 6.08 Å². The van der Waals surface area contributed by atoms with Gasteiger partial charge in [0.2, 0.25) is 5.75 Å². The third kappa shape index (κ3) is 5.60. The summed E-state index contributed by atoms with van der Waals surface area (Å²) in [5.74, 6) is -2.67. The van der Waals surface area contributed by atoms with E-state index in [2.05, 4.69) is 5.32 Å². The molecule has 1 aliphatic heterocycles. The molecule has 0 atom stereocenters. The summed E-state index contributed by atoms with van der Waals surface area (Å²) in [6.07, 6.45) is -3.76. The predicted molar refractivity (Wildman–Crippen MR) is 135 cm³/mol. The van der Waals surface area contributed by atoms with Crippen LogP contribution in [-0.4, -0.2) is 22.8 Å². The number of imide groups is 2. The van der Waals surface area contributed by atoms with Gasteiger partial charge in [-0.1, -0.05) is 17.7 Å². The predicted octanol–water partition coefficient (Wildman–Crippen LogP) is 6.34. The van der Waals surface area contributed by atoms with Crippen LogP contribution >= 0.6 is 11.6 Å². The molecule has 0 unspecified atom stereocenters. The van der Waals surface area contributed by atoms with E-state index in [9.17, 15) is 37.7 Å². The topological polar surface area (TPSA) is 119 Å². The van der Waals surface area contributed by atoms with E-state index in [1.807, 2.05) is 6.92 Å². The van der Waals surface area contributed by atoms with E-state index >= 15 is 0 Å². The summed E-state index contributed by atoms with van der Waals surface area (Å²) in [6, 6.07) is 9.45. The molecule has 0 saturated carbocycles. The lowest BCUT2D eigenvalue weighted by Gasteiger charge is -2.27. The molecule has 39 heavy (non-hydrogen) atoms. The summed E-state index contributed by atoms with van der Waals surface area (Å²) < 4.78 is 44.8. The molecule has 4 amide bonds. The first kappa shape index (κ1) is 27.3. The van der Waals surface area contributed by atoms with E-state index in [-0.39, 0.29) is 22.0 Å². The summed E-state index contributed by atoms with van der Waals surface area (Å²) >= 11 is 6.07. The Bertz CT molecular complexity index is 1590. The Morgan fingerprint density at radius 2 is 1.67 bits per heavy atom. The molecule has 3 aromatic carbocycles. The molecule has 0 spiro atoms. The largest absolute Gasteiger partial charge is 0.449 e. The van der Waals surface area contributed by atoms with Gasteiger partial charge in [0.05, 0.1) is 16.2 Å². The molecule has 1 fully saturated rings. The number of carbonyl (C=O) groups is 3. The quantitative estimate of drug-likeness (QED) is 0.169. The van der Waals surface area contributed by atoms with E-state index in [1.54, 1.807) is 19.1 Å². The van der Waals surface area contributed by atoms with Crippen molar-refractivity contribution in [3.05, 3.63) is 97.6 Å². The average molecular weight is 560 g/mol. The van der Waals surface area contributed by atoms with Crippen molar-refractivity contribution in [2.75, 3.05) is 4.90 Å². The third-order valence-corrected chi connectivity index (χ3v) is 6.06. The van der Waals surface area contributed by atoms with Crippen LogP contribution in [0, 0.1) is 24.0 Å². The van der Waals surface area contributed by atoms with Crippen molar-refractivity contribution >= 4 is 46.9 Å². The highest BCUT2D eigenvalue weighted by Gasteiger charge is 2.37. The van der Waals surface area contributed by atoms with Crippen LogP contribution in [0.1, 0.15) is 22.3 Å². The monoisotopic (exact) mass is 559 g/mol. The van der Waals surface area contributed by atoms with Crippen LogP contribution in [0.2, 0.25) is 5.02 Å². The Kier molecular flexibility index (Phi) is 7.16. The van der Waals surface area contributed by atoms with Gasteiger partial charge in [-0.2, -0.15) is 13.2 Å². The molecule has 1 N–H and O–H groups in total. The van der Waals surface area contributed by atoms with Crippen molar-refractivity contribution < 1.29 is 37.2 Å². The number of carbonyl (C=O) groups excluding carboxylic acids is 3. The van der Waals surface area contributed by atoms with Gasteiger partial charge in [-0.05, 0) is 73.5 Å². The number of nitro groups is 1. The molecule has 1 saturated heterocycles. The van der Waals surface area contributed by atoms with E-state index in [4.69, 9.17) is 16.3 Å². The molecule has 0 aromatic heterocycles. The van der Waals surface area contributed by atoms with E-state index in [0.29, 0.717) is 12.1 Å². The first-order valence-corrected chi connectivity index (χ1v) is 11.5. The van der Waals surface area contributed by atoms with Gasteiger partial charge < -0.3 is 4.74 Å². The van der Waals surface area contributed by atoms with E-state index in [0.717, 1.165) is 28.2 Å². The van der Waals surface area contributed by atoms with Crippen LogP contribution in [0.3, 0.4) is 0 Å². The second kappa shape index (κ2) is 10.2. The molecule has 0 bridgehead atoms. The molecule has 1 aliphatic rings. The molecule has 0 aliphatic carbocycles. The fourth-order valence-corrected chi connectivity index (χ4v) is 3.86. The van der Waals surface area contributed by atoms with Gasteiger partial charge in [0.25, 0.3) is 11.8 Å². The molecule has 200 valence electrons. The fraction of sp³-hybridized carbons (Fsp3) is 0.115. The van der Waals surface area contributed by atoms with Crippen LogP contribution < -0.4 is 15.0 Å². The lowest BCUT2D eigenvalue weighted by Crippen LogP contribution is -2.54. The number of urea groups is 1. The number of nitrogens with zero attached hydrogens (tertiary/aromatic N) is 2. The highest BCUT2D eigenvalue weighted by atomic mass is 35.5. The Morgan fingerprint density at radius 1 is 0.974 bits per heavy atom. The number of ether oxygens (including phenoxy) is 1. The van der Waals surface area contributed by atoms with Gasteiger partial charge >= 0.3 is 17.9 Å². The van der Waals surface area contributed by atoms with Gasteiger partial charge in [0.15, 0.2) is 0 Å². The number of rotatable bonds is 5. The van der Waals surface area contributed by atoms with Gasteiger partial charge in [-0.15, -0.1) is 0 Å². The van der Waals surface area contributed by atoms with Gasteiger partial charge in [-0.3, -0.25) is 25.0 Å². The minimum absolute atomic E-state index is 0.00965.